The lowest BCUT2D eigenvalue weighted by atomic mass is 9.90. The van der Waals surface area contributed by atoms with Crippen molar-refractivity contribution in [2.45, 2.75) is 25.0 Å². The zero-order chi connectivity index (χ0) is 20.7. The van der Waals surface area contributed by atoms with Crippen LogP contribution in [0.5, 0.6) is 0 Å². The van der Waals surface area contributed by atoms with Gasteiger partial charge in [-0.25, -0.2) is 9.97 Å². The van der Waals surface area contributed by atoms with Crippen LogP contribution in [0.4, 0.5) is 10.1 Å². The van der Waals surface area contributed by atoms with Gasteiger partial charge in [0.25, 0.3) is 5.91 Å². The molecule has 4 aromatic rings. The van der Waals surface area contributed by atoms with E-state index >= 15 is 0 Å². The van der Waals surface area contributed by atoms with E-state index in [2.05, 4.69) is 30.6 Å². The normalized spacial score (nSPS) is 18.2. The van der Waals surface area contributed by atoms with Gasteiger partial charge in [-0.05, 0) is 25.0 Å². The van der Waals surface area contributed by atoms with Crippen LogP contribution < -0.4 is 5.32 Å². The molecular weight excluding hydrogens is 409 g/mol. The zero-order valence-corrected chi connectivity index (χ0v) is 16.3. The quantitative estimate of drug-likeness (QED) is 0.423. The highest BCUT2D eigenvalue weighted by Crippen LogP contribution is 2.35. The molecule has 1 saturated carbocycles. The van der Waals surface area contributed by atoms with Gasteiger partial charge in [0.05, 0.1) is 29.7 Å². The van der Waals surface area contributed by atoms with Crippen LogP contribution >= 0.6 is 11.3 Å². The van der Waals surface area contributed by atoms with Gasteiger partial charge in [-0.15, -0.1) is 11.3 Å². The number of carbonyl (C=O) groups excluding carboxylic acids is 1. The van der Waals surface area contributed by atoms with Crippen molar-refractivity contribution in [2.24, 2.45) is 0 Å². The first-order valence-corrected chi connectivity index (χ1v) is 10.1. The van der Waals surface area contributed by atoms with Gasteiger partial charge >= 0.3 is 0 Å². The van der Waals surface area contributed by atoms with Crippen LogP contribution in [0.25, 0.3) is 22.0 Å². The molecule has 30 heavy (non-hydrogen) atoms. The third kappa shape index (κ3) is 3.48. The van der Waals surface area contributed by atoms with Crippen molar-refractivity contribution in [3.63, 3.8) is 0 Å². The predicted octanol–water partition coefficient (Wildman–Crippen LogP) is 2.88. The summed E-state index contributed by atoms with van der Waals surface area (Å²) in [6.07, 6.45) is 5.80. The number of hydrogen-bond donors (Lipinski definition) is 3. The summed E-state index contributed by atoms with van der Waals surface area (Å²) >= 11 is 1.33. The maximum Gasteiger partial charge on any atom is 0.275 e. The average Bonchev–Trinajstić information content (AvgIpc) is 3.45. The molecule has 1 aliphatic rings. The minimum atomic E-state index is -0.636. The van der Waals surface area contributed by atoms with E-state index in [-0.39, 0.29) is 17.8 Å². The second kappa shape index (κ2) is 7.43. The fraction of sp³-hybridized carbons (Fsp3) is 0.211. The number of pyridine rings is 1. The van der Waals surface area contributed by atoms with Gasteiger partial charge in [-0.3, -0.25) is 14.6 Å². The fourth-order valence-electron chi connectivity index (χ4n) is 3.24. The number of aliphatic hydroxyl groups is 1. The van der Waals surface area contributed by atoms with Crippen molar-refractivity contribution in [3.05, 3.63) is 53.8 Å². The van der Waals surface area contributed by atoms with E-state index in [0.29, 0.717) is 34.9 Å². The lowest BCUT2D eigenvalue weighted by Crippen LogP contribution is -2.31. The summed E-state index contributed by atoms with van der Waals surface area (Å²) in [5.41, 5.74) is 2.11. The van der Waals surface area contributed by atoms with Gasteiger partial charge in [0.1, 0.15) is 16.4 Å². The molecule has 1 fully saturated rings. The third-order valence-corrected chi connectivity index (χ3v) is 5.77. The summed E-state index contributed by atoms with van der Waals surface area (Å²) in [4.78, 5) is 21.0. The molecule has 4 aromatic heterocycles. The van der Waals surface area contributed by atoms with Crippen molar-refractivity contribution in [1.82, 2.24) is 29.9 Å². The van der Waals surface area contributed by atoms with E-state index in [4.69, 9.17) is 0 Å². The van der Waals surface area contributed by atoms with Crippen molar-refractivity contribution in [2.75, 3.05) is 5.32 Å². The Morgan fingerprint density at radius 3 is 2.93 bits per heavy atom. The molecule has 4 heterocycles. The van der Waals surface area contributed by atoms with Crippen LogP contribution in [0.15, 0.2) is 42.2 Å². The number of H-pyrrole nitrogens is 1. The Morgan fingerprint density at radius 2 is 2.20 bits per heavy atom. The summed E-state index contributed by atoms with van der Waals surface area (Å²) in [7, 11) is 0. The standard InChI is InChI=1S/C19H16FN7O2S/c20-16-3-1-2-13(23-16)17-14(8-27(26-17)11-4-12(28)5-11)24-18(29)15-9-30-19(25-15)10-6-21-22-7-10/h1-3,6-9,11-12,28H,4-5H2,(H,21,22)(H,24,29)/t11-,12-. The maximum absolute atomic E-state index is 13.7. The zero-order valence-electron chi connectivity index (χ0n) is 15.5. The van der Waals surface area contributed by atoms with Crippen LogP contribution in [-0.4, -0.2) is 47.1 Å². The average molecular weight is 425 g/mol. The van der Waals surface area contributed by atoms with E-state index in [0.717, 1.165) is 5.56 Å². The monoisotopic (exact) mass is 425 g/mol. The number of rotatable bonds is 5. The number of aromatic amines is 1. The van der Waals surface area contributed by atoms with Crippen LogP contribution in [-0.2, 0) is 0 Å². The number of halogens is 1. The molecule has 0 spiro atoms. The number of carbonyl (C=O) groups is 1. The minimum Gasteiger partial charge on any atom is -0.393 e. The Morgan fingerprint density at radius 1 is 1.33 bits per heavy atom. The number of amides is 1. The second-order valence-corrected chi connectivity index (χ2v) is 7.83. The molecule has 0 aliphatic heterocycles. The Labute approximate surface area is 173 Å². The van der Waals surface area contributed by atoms with E-state index in [1.165, 1.54) is 23.5 Å². The summed E-state index contributed by atoms with van der Waals surface area (Å²) in [6, 6.07) is 4.42. The largest absolute Gasteiger partial charge is 0.393 e. The third-order valence-electron chi connectivity index (χ3n) is 4.88. The minimum absolute atomic E-state index is 0.0185. The van der Waals surface area contributed by atoms with E-state index in [9.17, 15) is 14.3 Å². The number of hydrogen-bond acceptors (Lipinski definition) is 7. The van der Waals surface area contributed by atoms with Crippen molar-refractivity contribution < 1.29 is 14.3 Å². The Balaban J connectivity index is 1.44. The number of aliphatic hydroxyl groups excluding tert-OH is 1. The molecular formula is C19H16FN7O2S. The molecule has 5 rings (SSSR count). The summed E-state index contributed by atoms with van der Waals surface area (Å²) in [5, 5.41) is 25.8. The lowest BCUT2D eigenvalue weighted by Gasteiger charge is -2.31. The first-order valence-electron chi connectivity index (χ1n) is 9.23. The molecule has 1 amide bonds. The molecule has 0 radical (unpaired) electrons. The lowest BCUT2D eigenvalue weighted by molar-refractivity contribution is 0.0435. The van der Waals surface area contributed by atoms with E-state index in [1.807, 2.05) is 0 Å². The number of anilines is 1. The molecule has 9 nitrogen and oxygen atoms in total. The van der Waals surface area contributed by atoms with Crippen molar-refractivity contribution in [1.29, 1.82) is 0 Å². The summed E-state index contributed by atoms with van der Waals surface area (Å²) < 4.78 is 15.3. The molecule has 11 heteroatoms. The fourth-order valence-corrected chi connectivity index (χ4v) is 4.02. The SMILES string of the molecule is O=C(Nc1cn([C@H]2C[C@H](O)C2)nc1-c1cccc(F)n1)c1csc(-c2cn[nH]c2)n1. The first-order chi connectivity index (χ1) is 14.6. The van der Waals surface area contributed by atoms with Crippen LogP contribution in [0.1, 0.15) is 29.4 Å². The van der Waals surface area contributed by atoms with Gasteiger partial charge in [-0.1, -0.05) is 6.07 Å². The Kier molecular flexibility index (Phi) is 4.60. The predicted molar refractivity (Wildman–Crippen MR) is 107 cm³/mol. The molecule has 0 saturated heterocycles. The van der Waals surface area contributed by atoms with E-state index in [1.54, 1.807) is 34.7 Å². The number of nitrogens with one attached hydrogen (secondary N) is 2. The Hall–Kier alpha value is -3.44. The maximum atomic E-state index is 13.7. The molecule has 0 atom stereocenters. The molecule has 3 N–H and O–H groups in total. The van der Waals surface area contributed by atoms with Crippen LogP contribution in [0.3, 0.4) is 0 Å². The van der Waals surface area contributed by atoms with Crippen molar-refractivity contribution >= 4 is 22.9 Å². The van der Waals surface area contributed by atoms with Gasteiger partial charge in [0.15, 0.2) is 0 Å². The number of nitrogens with zero attached hydrogens (tertiary/aromatic N) is 5. The van der Waals surface area contributed by atoms with Crippen LogP contribution in [0, 0.1) is 5.95 Å². The molecule has 1 aliphatic carbocycles. The number of thiazole rings is 1. The molecule has 152 valence electrons. The topological polar surface area (TPSA) is 122 Å². The highest BCUT2D eigenvalue weighted by Gasteiger charge is 2.31. The van der Waals surface area contributed by atoms with Crippen LogP contribution in [0.2, 0.25) is 0 Å². The Bertz CT molecular complexity index is 1200. The second-order valence-electron chi connectivity index (χ2n) is 6.97. The van der Waals surface area contributed by atoms with E-state index < -0.39 is 11.9 Å². The first kappa shape index (κ1) is 18.6. The van der Waals surface area contributed by atoms with Crippen molar-refractivity contribution in [3.8, 4) is 22.0 Å². The van der Waals surface area contributed by atoms with Gasteiger partial charge in [0.2, 0.25) is 5.95 Å². The number of aromatic nitrogens is 6. The van der Waals surface area contributed by atoms with Gasteiger partial charge < -0.3 is 10.4 Å². The molecule has 0 bridgehead atoms. The van der Waals surface area contributed by atoms with Gasteiger partial charge in [-0.2, -0.15) is 14.6 Å². The molecule has 0 aromatic carbocycles. The summed E-state index contributed by atoms with van der Waals surface area (Å²) in [6.45, 7) is 0. The highest BCUT2D eigenvalue weighted by atomic mass is 32.1. The summed E-state index contributed by atoms with van der Waals surface area (Å²) in [5.74, 6) is -1.05. The molecule has 0 unspecified atom stereocenters. The smallest absolute Gasteiger partial charge is 0.275 e. The highest BCUT2D eigenvalue weighted by molar-refractivity contribution is 7.13. The van der Waals surface area contributed by atoms with Gasteiger partial charge in [0, 0.05) is 23.3 Å².